The van der Waals surface area contributed by atoms with Crippen LogP contribution in [0, 0.1) is 31.6 Å². The summed E-state index contributed by atoms with van der Waals surface area (Å²) in [5.74, 6) is 10.3. The first-order valence-electron chi connectivity index (χ1n) is 11.2. The van der Waals surface area contributed by atoms with Gasteiger partial charge in [0.2, 0.25) is 11.1 Å². The third kappa shape index (κ3) is 4.27. The highest BCUT2D eigenvalue weighted by atomic mass is 32.2. The smallest absolute Gasteiger partial charge is 0.230 e. The van der Waals surface area contributed by atoms with Gasteiger partial charge in [-0.2, -0.15) is 0 Å². The van der Waals surface area contributed by atoms with Crippen LogP contribution in [0.25, 0.3) is 0 Å². The number of aromatic nitrogens is 3. The van der Waals surface area contributed by atoms with E-state index in [-0.39, 0.29) is 18.1 Å². The van der Waals surface area contributed by atoms with E-state index >= 15 is 0 Å². The van der Waals surface area contributed by atoms with E-state index in [4.69, 9.17) is 10.6 Å². The van der Waals surface area contributed by atoms with Gasteiger partial charge in [-0.1, -0.05) is 29.5 Å². The molecule has 4 bridgehead atoms. The van der Waals surface area contributed by atoms with Gasteiger partial charge in [0, 0.05) is 5.54 Å². The number of nitrogens with one attached hydrogen (secondary N) is 1. The van der Waals surface area contributed by atoms with Crippen LogP contribution in [-0.4, -0.2) is 32.1 Å². The Kier molecular flexibility index (Phi) is 5.36. The molecule has 4 aliphatic rings. The van der Waals surface area contributed by atoms with E-state index in [1.54, 1.807) is 0 Å². The SMILES string of the molecule is Cc1ccc(OCc2nnc(SCC(=O)NC34CC5CC(CC(C5)C3)C4)n2N)c(C)c1. The standard InChI is InChI=1S/C23H31N5O2S/c1-14-3-4-19(15(2)5-14)30-12-20-26-27-22(28(20)24)31-13-21(29)25-23-9-16-6-17(10-23)8-18(7-16)11-23/h3-5,16-18H,6-13,24H2,1-2H3,(H,25,29). The molecule has 31 heavy (non-hydrogen) atoms. The Morgan fingerprint density at radius 2 is 1.87 bits per heavy atom. The Hall–Kier alpha value is -2.22. The van der Waals surface area contributed by atoms with Crippen molar-refractivity contribution in [3.8, 4) is 5.75 Å². The molecule has 7 nitrogen and oxygen atoms in total. The first-order chi connectivity index (χ1) is 14.9. The molecule has 2 aromatic rings. The summed E-state index contributed by atoms with van der Waals surface area (Å²) in [7, 11) is 0. The maximum Gasteiger partial charge on any atom is 0.230 e. The third-order valence-electron chi connectivity index (χ3n) is 7.20. The molecule has 0 aliphatic heterocycles. The van der Waals surface area contributed by atoms with E-state index in [2.05, 4.69) is 28.5 Å². The van der Waals surface area contributed by atoms with Crippen LogP contribution in [-0.2, 0) is 11.4 Å². The predicted octanol–water partition coefficient (Wildman–Crippen LogP) is 3.36. The zero-order chi connectivity index (χ0) is 21.6. The number of carbonyl (C=O) groups is 1. The molecule has 1 aromatic carbocycles. The quantitative estimate of drug-likeness (QED) is 0.505. The van der Waals surface area contributed by atoms with Gasteiger partial charge in [0.05, 0.1) is 5.75 Å². The topological polar surface area (TPSA) is 95.1 Å². The van der Waals surface area contributed by atoms with E-state index in [9.17, 15) is 4.79 Å². The van der Waals surface area contributed by atoms with E-state index in [1.165, 1.54) is 41.3 Å². The van der Waals surface area contributed by atoms with Crippen molar-refractivity contribution < 1.29 is 9.53 Å². The summed E-state index contributed by atoms with van der Waals surface area (Å²) in [6, 6.07) is 6.04. The summed E-state index contributed by atoms with van der Waals surface area (Å²) in [6.07, 6.45) is 7.57. The number of benzene rings is 1. The zero-order valence-corrected chi connectivity index (χ0v) is 19.1. The fourth-order valence-electron chi connectivity index (χ4n) is 6.33. The van der Waals surface area contributed by atoms with Crippen molar-refractivity contribution in [3.05, 3.63) is 35.2 Å². The maximum absolute atomic E-state index is 12.7. The average Bonchev–Trinajstić information content (AvgIpc) is 3.04. The van der Waals surface area contributed by atoms with E-state index < -0.39 is 0 Å². The fraction of sp³-hybridized carbons (Fsp3) is 0.609. The number of thioether (sulfide) groups is 1. The number of nitrogens with two attached hydrogens (primary N) is 1. The average molecular weight is 442 g/mol. The van der Waals surface area contributed by atoms with Crippen LogP contribution in [0.1, 0.15) is 55.5 Å². The minimum Gasteiger partial charge on any atom is -0.485 e. The van der Waals surface area contributed by atoms with Crippen LogP contribution in [0.15, 0.2) is 23.4 Å². The van der Waals surface area contributed by atoms with Crippen LogP contribution in [0.4, 0.5) is 0 Å². The van der Waals surface area contributed by atoms with E-state index in [0.717, 1.165) is 48.3 Å². The molecule has 0 saturated heterocycles. The number of amides is 1. The van der Waals surface area contributed by atoms with Gasteiger partial charge < -0.3 is 15.9 Å². The number of nitrogen functional groups attached to an aromatic ring is 1. The molecule has 0 atom stereocenters. The second-order valence-electron chi connectivity index (χ2n) is 9.86. The largest absolute Gasteiger partial charge is 0.485 e. The number of hydrogen-bond donors (Lipinski definition) is 2. The van der Waals surface area contributed by atoms with Crippen molar-refractivity contribution in [1.82, 2.24) is 20.2 Å². The Morgan fingerprint density at radius 3 is 2.52 bits per heavy atom. The number of ether oxygens (including phenoxy) is 1. The third-order valence-corrected chi connectivity index (χ3v) is 8.14. The molecule has 8 heteroatoms. The highest BCUT2D eigenvalue weighted by Crippen LogP contribution is 2.55. The monoisotopic (exact) mass is 441 g/mol. The summed E-state index contributed by atoms with van der Waals surface area (Å²) in [5.41, 5.74) is 2.30. The van der Waals surface area contributed by atoms with Crippen molar-refractivity contribution in [3.63, 3.8) is 0 Å². The van der Waals surface area contributed by atoms with Crippen LogP contribution in [0.2, 0.25) is 0 Å². The lowest BCUT2D eigenvalue weighted by Crippen LogP contribution is -2.60. The second kappa shape index (κ2) is 8.04. The zero-order valence-electron chi connectivity index (χ0n) is 18.3. The van der Waals surface area contributed by atoms with Crippen LogP contribution in [0.5, 0.6) is 5.75 Å². The molecule has 0 radical (unpaired) electrons. The number of carbonyl (C=O) groups excluding carboxylic acids is 1. The molecule has 0 unspecified atom stereocenters. The molecule has 4 saturated carbocycles. The molecule has 4 fully saturated rings. The lowest BCUT2D eigenvalue weighted by molar-refractivity contribution is -0.124. The molecule has 1 amide bonds. The van der Waals surface area contributed by atoms with Crippen molar-refractivity contribution >= 4 is 17.7 Å². The number of rotatable bonds is 7. The van der Waals surface area contributed by atoms with Crippen molar-refractivity contribution in [2.45, 2.75) is 69.7 Å². The predicted molar refractivity (Wildman–Crippen MR) is 120 cm³/mol. The molecule has 1 heterocycles. The van der Waals surface area contributed by atoms with Crippen LogP contribution >= 0.6 is 11.8 Å². The summed E-state index contributed by atoms with van der Waals surface area (Å²) >= 11 is 1.33. The van der Waals surface area contributed by atoms with Gasteiger partial charge in [-0.25, -0.2) is 4.68 Å². The fourth-order valence-corrected chi connectivity index (χ4v) is 7.01. The van der Waals surface area contributed by atoms with Gasteiger partial charge in [0.1, 0.15) is 12.4 Å². The minimum atomic E-state index is 0.0354. The number of aryl methyl sites for hydroxylation is 2. The van der Waals surface area contributed by atoms with Crippen LogP contribution < -0.4 is 15.9 Å². The minimum absolute atomic E-state index is 0.0354. The maximum atomic E-state index is 12.7. The molecule has 1 aromatic heterocycles. The van der Waals surface area contributed by atoms with Gasteiger partial charge in [-0.3, -0.25) is 4.79 Å². The Labute approximate surface area is 187 Å². The first kappa shape index (κ1) is 20.7. The highest BCUT2D eigenvalue weighted by Gasteiger charge is 2.51. The van der Waals surface area contributed by atoms with Crippen molar-refractivity contribution in [1.29, 1.82) is 0 Å². The number of hydrogen-bond acceptors (Lipinski definition) is 6. The van der Waals surface area contributed by atoms with Gasteiger partial charge in [-0.05, 0) is 81.8 Å². The van der Waals surface area contributed by atoms with Gasteiger partial charge in [-0.15, -0.1) is 10.2 Å². The molecular formula is C23H31N5O2S. The first-order valence-corrected chi connectivity index (χ1v) is 12.2. The molecule has 6 rings (SSSR count). The van der Waals surface area contributed by atoms with Crippen LogP contribution in [0.3, 0.4) is 0 Å². The highest BCUT2D eigenvalue weighted by molar-refractivity contribution is 7.99. The summed E-state index contributed by atoms with van der Waals surface area (Å²) in [4.78, 5) is 12.7. The molecule has 3 N–H and O–H groups in total. The van der Waals surface area contributed by atoms with Crippen molar-refractivity contribution in [2.75, 3.05) is 11.6 Å². The summed E-state index contributed by atoms with van der Waals surface area (Å²) < 4.78 is 7.29. The lowest BCUT2D eigenvalue weighted by Gasteiger charge is -2.56. The summed E-state index contributed by atoms with van der Waals surface area (Å²) in [5, 5.41) is 12.2. The summed E-state index contributed by atoms with van der Waals surface area (Å²) in [6.45, 7) is 4.29. The Balaban J connectivity index is 1.15. The molecule has 0 spiro atoms. The number of nitrogens with zero attached hydrogens (tertiary/aromatic N) is 3. The molecule has 4 aliphatic carbocycles. The van der Waals surface area contributed by atoms with Gasteiger partial charge in [0.25, 0.3) is 0 Å². The molecular weight excluding hydrogens is 410 g/mol. The Morgan fingerprint density at radius 1 is 1.19 bits per heavy atom. The van der Waals surface area contributed by atoms with Gasteiger partial charge in [0.15, 0.2) is 5.82 Å². The Bertz CT molecular complexity index is 953. The molecule has 166 valence electrons. The lowest BCUT2D eigenvalue weighted by atomic mass is 9.53. The normalized spacial score (nSPS) is 28.6. The van der Waals surface area contributed by atoms with Gasteiger partial charge >= 0.3 is 0 Å². The van der Waals surface area contributed by atoms with E-state index in [0.29, 0.717) is 16.7 Å². The van der Waals surface area contributed by atoms with E-state index in [1.807, 2.05) is 19.1 Å². The second-order valence-corrected chi connectivity index (χ2v) is 10.8. The van der Waals surface area contributed by atoms with Crippen molar-refractivity contribution in [2.24, 2.45) is 17.8 Å².